The number of carbonyl (C=O) groups excluding carboxylic acids is 1. The Balaban J connectivity index is 1.61. The van der Waals surface area contributed by atoms with Gasteiger partial charge in [0.05, 0.1) is 11.2 Å². The van der Waals surface area contributed by atoms with Gasteiger partial charge in [-0.1, -0.05) is 66.2 Å². The molecule has 0 aliphatic carbocycles. The number of carbonyl (C=O) groups is 1. The van der Waals surface area contributed by atoms with Crippen LogP contribution in [0.5, 0.6) is 5.75 Å². The number of hydrogen-bond donors (Lipinski definition) is 1. The van der Waals surface area contributed by atoms with Crippen LogP contribution in [-0.4, -0.2) is 18.7 Å². The van der Waals surface area contributed by atoms with Crippen LogP contribution < -0.4 is 10.2 Å². The molecule has 3 aromatic carbocycles. The number of para-hydroxylation sites is 1. The molecule has 0 bridgehead atoms. The zero-order valence-corrected chi connectivity index (χ0v) is 15.0. The molecular formula is C21H16ClFN2O2. The van der Waals surface area contributed by atoms with Gasteiger partial charge in [0.2, 0.25) is 0 Å². The molecule has 0 atom stereocenters. The number of rotatable bonds is 6. The van der Waals surface area contributed by atoms with Crippen LogP contribution in [-0.2, 0) is 4.79 Å². The molecule has 1 N–H and O–H groups in total. The van der Waals surface area contributed by atoms with Crippen LogP contribution in [0, 0.1) is 5.82 Å². The molecule has 136 valence electrons. The van der Waals surface area contributed by atoms with Gasteiger partial charge in [0, 0.05) is 11.1 Å². The summed E-state index contributed by atoms with van der Waals surface area (Å²) in [6.07, 6.45) is 1.16. The van der Waals surface area contributed by atoms with E-state index >= 15 is 0 Å². The highest BCUT2D eigenvalue weighted by molar-refractivity contribution is 6.33. The minimum Gasteiger partial charge on any atom is -0.483 e. The number of hydrogen-bond acceptors (Lipinski definition) is 3. The van der Waals surface area contributed by atoms with Crippen LogP contribution in [0.15, 0.2) is 77.9 Å². The molecule has 4 nitrogen and oxygen atoms in total. The SMILES string of the molecule is O=C(COc1ccccc1-c1ccccc1)N/N=C/c1c(F)cccc1Cl. The number of nitrogens with one attached hydrogen (secondary N) is 1. The Morgan fingerprint density at radius 1 is 1.04 bits per heavy atom. The second-order valence-corrected chi connectivity index (χ2v) is 5.99. The minimum absolute atomic E-state index is 0.106. The maximum Gasteiger partial charge on any atom is 0.277 e. The van der Waals surface area contributed by atoms with E-state index in [1.165, 1.54) is 18.2 Å². The topological polar surface area (TPSA) is 50.7 Å². The summed E-state index contributed by atoms with van der Waals surface area (Å²) in [5.41, 5.74) is 4.27. The zero-order valence-electron chi connectivity index (χ0n) is 14.2. The van der Waals surface area contributed by atoms with Gasteiger partial charge < -0.3 is 4.74 Å². The number of halogens is 2. The largest absolute Gasteiger partial charge is 0.483 e. The molecule has 0 saturated heterocycles. The fraction of sp³-hybridized carbons (Fsp3) is 0.0476. The monoisotopic (exact) mass is 382 g/mol. The first-order chi connectivity index (χ1) is 13.1. The van der Waals surface area contributed by atoms with Crippen LogP contribution in [0.2, 0.25) is 5.02 Å². The van der Waals surface area contributed by atoms with E-state index in [1.54, 1.807) is 6.07 Å². The fourth-order valence-electron chi connectivity index (χ4n) is 2.43. The Kier molecular flexibility index (Phi) is 6.18. The van der Waals surface area contributed by atoms with Gasteiger partial charge >= 0.3 is 0 Å². The lowest BCUT2D eigenvalue weighted by molar-refractivity contribution is -0.123. The van der Waals surface area contributed by atoms with E-state index in [9.17, 15) is 9.18 Å². The average molecular weight is 383 g/mol. The number of hydrazone groups is 1. The Hall–Kier alpha value is -3.18. The highest BCUT2D eigenvalue weighted by Crippen LogP contribution is 2.29. The molecular weight excluding hydrogens is 367 g/mol. The average Bonchev–Trinajstić information content (AvgIpc) is 2.69. The molecule has 0 fully saturated rings. The summed E-state index contributed by atoms with van der Waals surface area (Å²) < 4.78 is 19.3. The third-order valence-electron chi connectivity index (χ3n) is 3.71. The first-order valence-corrected chi connectivity index (χ1v) is 8.56. The van der Waals surface area contributed by atoms with Crippen LogP contribution in [0.25, 0.3) is 11.1 Å². The molecule has 0 spiro atoms. The Morgan fingerprint density at radius 2 is 1.78 bits per heavy atom. The number of benzene rings is 3. The van der Waals surface area contributed by atoms with Gasteiger partial charge in [-0.15, -0.1) is 0 Å². The van der Waals surface area contributed by atoms with Gasteiger partial charge in [0.1, 0.15) is 11.6 Å². The molecule has 1 amide bonds. The van der Waals surface area contributed by atoms with E-state index in [0.717, 1.165) is 17.3 Å². The summed E-state index contributed by atoms with van der Waals surface area (Å²) in [4.78, 5) is 11.9. The molecule has 0 aliphatic heterocycles. The van der Waals surface area contributed by atoms with Crippen molar-refractivity contribution < 1.29 is 13.9 Å². The van der Waals surface area contributed by atoms with E-state index in [2.05, 4.69) is 10.5 Å². The van der Waals surface area contributed by atoms with Crippen molar-refractivity contribution in [1.29, 1.82) is 0 Å². The maximum atomic E-state index is 13.6. The van der Waals surface area contributed by atoms with Crippen molar-refractivity contribution in [2.45, 2.75) is 0 Å². The van der Waals surface area contributed by atoms with Crippen molar-refractivity contribution in [3.05, 3.63) is 89.2 Å². The Bertz CT molecular complexity index is 941. The molecule has 3 rings (SSSR count). The van der Waals surface area contributed by atoms with Gasteiger partial charge in [-0.2, -0.15) is 5.10 Å². The molecule has 0 heterocycles. The second-order valence-electron chi connectivity index (χ2n) is 5.58. The maximum absolute atomic E-state index is 13.6. The van der Waals surface area contributed by atoms with Crippen molar-refractivity contribution in [1.82, 2.24) is 5.43 Å². The van der Waals surface area contributed by atoms with Crippen LogP contribution in [0.3, 0.4) is 0 Å². The smallest absolute Gasteiger partial charge is 0.277 e. The van der Waals surface area contributed by atoms with E-state index < -0.39 is 11.7 Å². The van der Waals surface area contributed by atoms with E-state index in [0.29, 0.717) is 5.75 Å². The van der Waals surface area contributed by atoms with Gasteiger partial charge in [0.15, 0.2) is 6.61 Å². The third kappa shape index (κ3) is 4.92. The molecule has 27 heavy (non-hydrogen) atoms. The number of ether oxygens (including phenoxy) is 1. The van der Waals surface area contributed by atoms with Crippen molar-refractivity contribution in [3.8, 4) is 16.9 Å². The van der Waals surface area contributed by atoms with Crippen molar-refractivity contribution in [3.63, 3.8) is 0 Å². The van der Waals surface area contributed by atoms with Gasteiger partial charge in [-0.25, -0.2) is 9.82 Å². The van der Waals surface area contributed by atoms with Crippen molar-refractivity contribution in [2.24, 2.45) is 5.10 Å². The molecule has 0 radical (unpaired) electrons. The number of amides is 1. The molecule has 0 unspecified atom stereocenters. The van der Waals surface area contributed by atoms with Crippen LogP contribution >= 0.6 is 11.6 Å². The van der Waals surface area contributed by atoms with Crippen LogP contribution in [0.1, 0.15) is 5.56 Å². The highest BCUT2D eigenvalue weighted by Gasteiger charge is 2.08. The third-order valence-corrected chi connectivity index (χ3v) is 4.04. The van der Waals surface area contributed by atoms with Crippen molar-refractivity contribution in [2.75, 3.05) is 6.61 Å². The standard InChI is InChI=1S/C21H16ClFN2O2/c22-18-10-6-11-19(23)17(18)13-24-25-21(26)14-27-20-12-5-4-9-16(20)15-7-2-1-3-8-15/h1-13H,14H2,(H,25,26)/b24-13+. The highest BCUT2D eigenvalue weighted by atomic mass is 35.5. The lowest BCUT2D eigenvalue weighted by Gasteiger charge is -2.10. The Labute approximate surface area is 161 Å². The van der Waals surface area contributed by atoms with Gasteiger partial charge in [-0.05, 0) is 23.8 Å². The molecule has 0 aliphatic rings. The van der Waals surface area contributed by atoms with Crippen LogP contribution in [0.4, 0.5) is 4.39 Å². The summed E-state index contributed by atoms with van der Waals surface area (Å²) >= 11 is 5.89. The predicted molar refractivity (Wildman–Crippen MR) is 105 cm³/mol. The minimum atomic E-state index is -0.520. The predicted octanol–water partition coefficient (Wildman–Crippen LogP) is 4.68. The first kappa shape index (κ1) is 18.6. The summed E-state index contributed by atoms with van der Waals surface area (Å²) in [7, 11) is 0. The fourth-order valence-corrected chi connectivity index (χ4v) is 2.64. The van der Waals surface area contributed by atoms with Gasteiger partial charge in [0.25, 0.3) is 5.91 Å². The normalized spacial score (nSPS) is 10.7. The molecule has 0 saturated carbocycles. The lowest BCUT2D eigenvalue weighted by atomic mass is 10.1. The molecule has 0 aromatic heterocycles. The summed E-state index contributed by atoms with van der Waals surface area (Å²) in [6.45, 7) is -0.230. The zero-order chi connectivity index (χ0) is 19.1. The Morgan fingerprint density at radius 3 is 2.56 bits per heavy atom. The van der Waals surface area contributed by atoms with E-state index in [-0.39, 0.29) is 17.2 Å². The van der Waals surface area contributed by atoms with E-state index in [4.69, 9.17) is 16.3 Å². The quantitative estimate of drug-likeness (QED) is 0.497. The van der Waals surface area contributed by atoms with Crippen molar-refractivity contribution >= 4 is 23.7 Å². The lowest BCUT2D eigenvalue weighted by Crippen LogP contribution is -2.24. The molecule has 6 heteroatoms. The van der Waals surface area contributed by atoms with E-state index in [1.807, 2.05) is 48.5 Å². The number of nitrogens with zero attached hydrogens (tertiary/aromatic N) is 1. The summed E-state index contributed by atoms with van der Waals surface area (Å²) in [5.74, 6) is -0.407. The second kappa shape index (κ2) is 8.96. The molecule has 3 aromatic rings. The summed E-state index contributed by atoms with van der Waals surface area (Å²) in [5, 5.41) is 3.94. The summed E-state index contributed by atoms with van der Waals surface area (Å²) in [6, 6.07) is 21.5. The first-order valence-electron chi connectivity index (χ1n) is 8.18. The van der Waals surface area contributed by atoms with Gasteiger partial charge in [-0.3, -0.25) is 4.79 Å².